The normalized spacial score (nSPS) is 17.4. The fraction of sp³-hybridized carbons (Fsp3) is 0.345. The molecule has 5 rings (SSSR count). The van der Waals surface area contributed by atoms with Gasteiger partial charge in [0.1, 0.15) is 10.6 Å². The molecule has 198 valence electrons. The number of ether oxygens (including phenoxy) is 1. The first-order chi connectivity index (χ1) is 18.5. The van der Waals surface area contributed by atoms with E-state index in [4.69, 9.17) is 22.1 Å². The van der Waals surface area contributed by atoms with E-state index in [2.05, 4.69) is 21.4 Å². The van der Waals surface area contributed by atoms with E-state index in [1.165, 1.54) is 11.3 Å². The SMILES string of the molecule is CCOc1ccc(-c2cnc(N)nc2)cc1CN(C(=O)c1sc2ccccc2c1Cl)[C@H]1CC[C@H](NC)CC1. The molecule has 0 radical (unpaired) electrons. The maximum atomic E-state index is 14.2. The number of carbonyl (C=O) groups is 1. The predicted octanol–water partition coefficient (Wildman–Crippen LogP) is 6.17. The number of fused-ring (bicyclic) bond motifs is 1. The van der Waals surface area contributed by atoms with E-state index in [-0.39, 0.29) is 17.9 Å². The van der Waals surface area contributed by atoms with Crippen LogP contribution >= 0.6 is 22.9 Å². The predicted molar refractivity (Wildman–Crippen MR) is 155 cm³/mol. The first-order valence-electron chi connectivity index (χ1n) is 13.0. The fourth-order valence-electron chi connectivity index (χ4n) is 5.17. The zero-order chi connectivity index (χ0) is 26.6. The van der Waals surface area contributed by atoms with Gasteiger partial charge in [-0.15, -0.1) is 11.3 Å². The molecule has 0 aliphatic heterocycles. The molecule has 0 atom stereocenters. The highest BCUT2D eigenvalue weighted by Gasteiger charge is 2.32. The molecular weight excluding hydrogens is 518 g/mol. The maximum Gasteiger partial charge on any atom is 0.266 e. The van der Waals surface area contributed by atoms with Crippen LogP contribution in [0, 0.1) is 0 Å². The van der Waals surface area contributed by atoms with Crippen molar-refractivity contribution in [1.82, 2.24) is 20.2 Å². The molecule has 0 saturated heterocycles. The van der Waals surface area contributed by atoms with Crippen molar-refractivity contribution >= 4 is 44.9 Å². The van der Waals surface area contributed by atoms with E-state index in [0.29, 0.717) is 29.1 Å². The molecule has 1 fully saturated rings. The molecule has 2 heterocycles. The Balaban J connectivity index is 1.53. The van der Waals surface area contributed by atoms with Crippen LogP contribution in [0.4, 0.5) is 5.95 Å². The van der Waals surface area contributed by atoms with Crippen molar-refractivity contribution in [3.63, 3.8) is 0 Å². The van der Waals surface area contributed by atoms with Crippen molar-refractivity contribution in [3.05, 3.63) is 70.3 Å². The second-order valence-corrected chi connectivity index (χ2v) is 11.0. The van der Waals surface area contributed by atoms with Crippen molar-refractivity contribution < 1.29 is 9.53 Å². The molecule has 1 amide bonds. The monoisotopic (exact) mass is 549 g/mol. The van der Waals surface area contributed by atoms with Gasteiger partial charge >= 0.3 is 0 Å². The van der Waals surface area contributed by atoms with Crippen LogP contribution in [-0.4, -0.2) is 46.5 Å². The number of aromatic nitrogens is 2. The third-order valence-corrected chi connectivity index (χ3v) is 8.91. The number of rotatable bonds is 8. The highest BCUT2D eigenvalue weighted by atomic mass is 35.5. The number of amides is 1. The number of hydrogen-bond acceptors (Lipinski definition) is 7. The average Bonchev–Trinajstić information content (AvgIpc) is 3.29. The lowest BCUT2D eigenvalue weighted by Crippen LogP contribution is -2.44. The second-order valence-electron chi connectivity index (χ2n) is 9.55. The number of nitrogens with one attached hydrogen (secondary N) is 1. The third-order valence-electron chi connectivity index (χ3n) is 7.24. The van der Waals surface area contributed by atoms with Gasteiger partial charge in [0.15, 0.2) is 0 Å². The minimum atomic E-state index is -0.0345. The maximum absolute atomic E-state index is 14.2. The van der Waals surface area contributed by atoms with E-state index in [9.17, 15) is 4.79 Å². The van der Waals surface area contributed by atoms with Gasteiger partial charge in [0, 0.05) is 52.2 Å². The number of nitrogens with zero attached hydrogens (tertiary/aromatic N) is 3. The molecule has 2 aromatic heterocycles. The summed E-state index contributed by atoms with van der Waals surface area (Å²) in [7, 11) is 2.01. The van der Waals surface area contributed by atoms with Crippen molar-refractivity contribution in [2.75, 3.05) is 19.4 Å². The zero-order valence-corrected chi connectivity index (χ0v) is 23.2. The summed E-state index contributed by atoms with van der Waals surface area (Å²) in [5.74, 6) is 0.957. The van der Waals surface area contributed by atoms with Crippen molar-refractivity contribution in [2.45, 2.75) is 51.2 Å². The standard InChI is InChI=1S/C29H32ClN5O2S/c1-3-37-24-13-8-18(20-15-33-29(31)34-16-20)14-19(24)17-35(22-11-9-21(32-2)10-12-22)28(36)27-26(30)23-6-4-5-7-25(23)38-27/h4-8,13-16,21-22,32H,3,9-12,17H2,1-2H3,(H2,31,33,34)/t21-,22-. The molecule has 2 aromatic carbocycles. The molecule has 1 aliphatic carbocycles. The lowest BCUT2D eigenvalue weighted by molar-refractivity contribution is 0.0604. The number of thiophene rings is 1. The quantitative estimate of drug-likeness (QED) is 0.273. The van der Waals surface area contributed by atoms with E-state index < -0.39 is 0 Å². The molecule has 3 N–H and O–H groups in total. The van der Waals surface area contributed by atoms with Crippen LogP contribution in [0.15, 0.2) is 54.9 Å². The second kappa shape index (κ2) is 11.7. The topological polar surface area (TPSA) is 93.4 Å². The number of nitrogen functional groups attached to an aromatic ring is 1. The Morgan fingerprint density at radius 1 is 1.13 bits per heavy atom. The van der Waals surface area contributed by atoms with Gasteiger partial charge in [0.05, 0.1) is 11.6 Å². The Kier molecular flexibility index (Phi) is 8.12. The molecule has 1 aliphatic rings. The zero-order valence-electron chi connectivity index (χ0n) is 21.6. The number of hydrogen-bond donors (Lipinski definition) is 2. The molecule has 9 heteroatoms. The number of carbonyl (C=O) groups excluding carboxylic acids is 1. The fourth-order valence-corrected chi connectivity index (χ4v) is 6.64. The molecule has 7 nitrogen and oxygen atoms in total. The summed E-state index contributed by atoms with van der Waals surface area (Å²) in [5, 5.41) is 4.84. The lowest BCUT2D eigenvalue weighted by atomic mass is 9.89. The minimum Gasteiger partial charge on any atom is -0.494 e. The molecule has 1 saturated carbocycles. The van der Waals surface area contributed by atoms with Crippen LogP contribution < -0.4 is 15.8 Å². The Hall–Kier alpha value is -3.20. The van der Waals surface area contributed by atoms with E-state index in [1.54, 1.807) is 12.4 Å². The number of nitrogens with two attached hydrogens (primary N) is 1. The lowest BCUT2D eigenvalue weighted by Gasteiger charge is -2.37. The third kappa shape index (κ3) is 5.48. The van der Waals surface area contributed by atoms with Crippen LogP contribution in [0.3, 0.4) is 0 Å². The molecule has 0 bridgehead atoms. The van der Waals surface area contributed by atoms with Gasteiger partial charge in [-0.2, -0.15) is 0 Å². The van der Waals surface area contributed by atoms with Gasteiger partial charge < -0.3 is 20.7 Å². The summed E-state index contributed by atoms with van der Waals surface area (Å²) >= 11 is 8.25. The summed E-state index contributed by atoms with van der Waals surface area (Å²) < 4.78 is 7.02. The summed E-state index contributed by atoms with van der Waals surface area (Å²) in [6.07, 6.45) is 7.31. The first-order valence-corrected chi connectivity index (χ1v) is 14.2. The Morgan fingerprint density at radius 3 is 2.55 bits per heavy atom. The summed E-state index contributed by atoms with van der Waals surface area (Å²) in [6.45, 7) is 2.91. The molecule has 4 aromatic rings. The molecule has 0 unspecified atom stereocenters. The smallest absolute Gasteiger partial charge is 0.266 e. The highest BCUT2D eigenvalue weighted by Crippen LogP contribution is 2.38. The summed E-state index contributed by atoms with van der Waals surface area (Å²) in [4.78, 5) is 25.1. The minimum absolute atomic E-state index is 0.0345. The van der Waals surface area contributed by atoms with E-state index in [0.717, 1.165) is 58.2 Å². The van der Waals surface area contributed by atoms with Gasteiger partial charge in [-0.3, -0.25) is 4.79 Å². The van der Waals surface area contributed by atoms with Crippen molar-refractivity contribution in [3.8, 4) is 16.9 Å². The number of halogens is 1. The van der Waals surface area contributed by atoms with E-state index >= 15 is 0 Å². The Labute approximate surface area is 232 Å². The average molecular weight is 550 g/mol. The van der Waals surface area contributed by atoms with Gasteiger partial charge in [0.2, 0.25) is 5.95 Å². The van der Waals surface area contributed by atoms with Crippen LogP contribution in [0.5, 0.6) is 5.75 Å². The van der Waals surface area contributed by atoms with Crippen LogP contribution in [0.25, 0.3) is 21.2 Å². The van der Waals surface area contributed by atoms with Crippen LogP contribution in [0.2, 0.25) is 5.02 Å². The van der Waals surface area contributed by atoms with Gasteiger partial charge in [-0.25, -0.2) is 9.97 Å². The van der Waals surface area contributed by atoms with Gasteiger partial charge in [-0.05, 0) is 63.4 Å². The largest absolute Gasteiger partial charge is 0.494 e. The van der Waals surface area contributed by atoms with Gasteiger partial charge in [-0.1, -0.05) is 35.9 Å². The number of anilines is 1. The van der Waals surface area contributed by atoms with Crippen LogP contribution in [0.1, 0.15) is 47.8 Å². The molecular formula is C29H32ClN5O2S. The van der Waals surface area contributed by atoms with Crippen LogP contribution in [-0.2, 0) is 6.54 Å². The highest BCUT2D eigenvalue weighted by molar-refractivity contribution is 7.21. The molecule has 38 heavy (non-hydrogen) atoms. The van der Waals surface area contributed by atoms with Crippen molar-refractivity contribution in [1.29, 1.82) is 0 Å². The summed E-state index contributed by atoms with van der Waals surface area (Å²) in [6, 6.07) is 14.5. The van der Waals surface area contributed by atoms with Gasteiger partial charge in [0.25, 0.3) is 5.91 Å². The Bertz CT molecular complexity index is 1420. The molecule has 0 spiro atoms. The number of benzene rings is 2. The van der Waals surface area contributed by atoms with E-state index in [1.807, 2.05) is 55.3 Å². The Morgan fingerprint density at radius 2 is 1.87 bits per heavy atom. The van der Waals surface area contributed by atoms with Crippen molar-refractivity contribution in [2.24, 2.45) is 0 Å². The first kappa shape index (κ1) is 26.4. The summed E-state index contributed by atoms with van der Waals surface area (Å²) in [5.41, 5.74) is 8.42.